The van der Waals surface area contributed by atoms with Crippen molar-refractivity contribution in [2.75, 3.05) is 32.2 Å². The van der Waals surface area contributed by atoms with Crippen LogP contribution < -0.4 is 15.4 Å². The zero-order chi connectivity index (χ0) is 17.5. The minimum absolute atomic E-state index is 0.0167. The van der Waals surface area contributed by atoms with E-state index in [1.54, 1.807) is 18.2 Å². The van der Waals surface area contributed by atoms with Crippen molar-refractivity contribution in [3.63, 3.8) is 0 Å². The molecule has 1 unspecified atom stereocenters. The molecule has 1 aliphatic rings. The van der Waals surface area contributed by atoms with Crippen LogP contribution in [0.15, 0.2) is 18.2 Å². The minimum atomic E-state index is -0.469. The lowest BCUT2D eigenvalue weighted by molar-refractivity contribution is -0.117. The summed E-state index contributed by atoms with van der Waals surface area (Å²) in [6.07, 6.45) is 0.224. The van der Waals surface area contributed by atoms with Gasteiger partial charge in [-0.1, -0.05) is 0 Å². The Morgan fingerprint density at radius 2 is 2.21 bits per heavy atom. The zero-order valence-corrected chi connectivity index (χ0v) is 14.3. The molecule has 0 saturated carbocycles. The van der Waals surface area contributed by atoms with Crippen molar-refractivity contribution in [1.82, 2.24) is 5.32 Å². The normalized spacial score (nSPS) is 17.4. The molecule has 24 heavy (non-hydrogen) atoms. The number of anilines is 1. The number of amides is 1. The van der Waals surface area contributed by atoms with Crippen LogP contribution in [0.1, 0.15) is 30.6 Å². The monoisotopic (exact) mass is 336 g/mol. The van der Waals surface area contributed by atoms with Gasteiger partial charge in [0.05, 0.1) is 37.7 Å². The summed E-state index contributed by atoms with van der Waals surface area (Å²) in [6, 6.07) is 4.81. The number of morpholine rings is 1. The van der Waals surface area contributed by atoms with E-state index in [0.717, 1.165) is 6.54 Å². The molecule has 0 aromatic heterocycles. The van der Waals surface area contributed by atoms with Crippen molar-refractivity contribution in [2.45, 2.75) is 32.4 Å². The summed E-state index contributed by atoms with van der Waals surface area (Å²) in [7, 11) is 1.31. The second-order valence-electron chi connectivity index (χ2n) is 5.85. The van der Waals surface area contributed by atoms with Crippen molar-refractivity contribution in [3.05, 3.63) is 23.8 Å². The molecule has 1 saturated heterocycles. The van der Waals surface area contributed by atoms with Crippen LogP contribution in [0.3, 0.4) is 0 Å². The van der Waals surface area contributed by atoms with Crippen LogP contribution >= 0.6 is 0 Å². The van der Waals surface area contributed by atoms with Crippen molar-refractivity contribution in [2.24, 2.45) is 0 Å². The fourth-order valence-corrected chi connectivity index (χ4v) is 2.41. The van der Waals surface area contributed by atoms with Crippen LogP contribution in [0.25, 0.3) is 0 Å². The SMILES string of the molecule is COC(=O)c1ccc(OC(C)C)c(NC(=O)CC2COCCN2)c1. The number of carbonyl (C=O) groups is 2. The molecular weight excluding hydrogens is 312 g/mol. The van der Waals surface area contributed by atoms with Crippen LogP contribution in [0.4, 0.5) is 5.69 Å². The summed E-state index contributed by atoms with van der Waals surface area (Å²) in [6.45, 7) is 5.68. The second kappa shape index (κ2) is 8.65. The molecule has 0 spiro atoms. The van der Waals surface area contributed by atoms with Gasteiger partial charge >= 0.3 is 5.97 Å². The largest absolute Gasteiger partial charge is 0.489 e. The predicted octanol–water partition coefficient (Wildman–Crippen LogP) is 1.58. The van der Waals surface area contributed by atoms with Crippen LogP contribution in [-0.4, -0.2) is 50.9 Å². The van der Waals surface area contributed by atoms with Gasteiger partial charge in [0.25, 0.3) is 0 Å². The molecule has 1 aliphatic heterocycles. The first-order valence-corrected chi connectivity index (χ1v) is 7.99. The summed E-state index contributed by atoms with van der Waals surface area (Å²) in [5.74, 6) is -0.128. The van der Waals surface area contributed by atoms with Gasteiger partial charge in [-0.25, -0.2) is 4.79 Å². The average Bonchev–Trinajstić information content (AvgIpc) is 2.56. The van der Waals surface area contributed by atoms with Gasteiger partial charge in [-0.15, -0.1) is 0 Å². The standard InChI is InChI=1S/C17H24N2O5/c1-11(2)24-15-5-4-12(17(21)22-3)8-14(15)19-16(20)9-13-10-23-7-6-18-13/h4-5,8,11,13,18H,6-7,9-10H2,1-3H3,(H,19,20). The van der Waals surface area contributed by atoms with Crippen molar-refractivity contribution < 1.29 is 23.8 Å². The first kappa shape index (κ1) is 18.2. The Morgan fingerprint density at radius 3 is 2.83 bits per heavy atom. The van der Waals surface area contributed by atoms with E-state index < -0.39 is 5.97 Å². The van der Waals surface area contributed by atoms with Crippen LogP contribution in [-0.2, 0) is 14.3 Å². The maximum absolute atomic E-state index is 12.3. The Balaban J connectivity index is 2.11. The predicted molar refractivity (Wildman–Crippen MR) is 89.4 cm³/mol. The van der Waals surface area contributed by atoms with Gasteiger partial charge < -0.3 is 24.8 Å². The van der Waals surface area contributed by atoms with Crippen molar-refractivity contribution >= 4 is 17.6 Å². The molecule has 0 radical (unpaired) electrons. The van der Waals surface area contributed by atoms with E-state index in [9.17, 15) is 9.59 Å². The number of benzene rings is 1. The number of esters is 1. The molecule has 1 aromatic carbocycles. The molecule has 2 rings (SSSR count). The van der Waals surface area contributed by atoms with Gasteiger partial charge in [0.2, 0.25) is 5.91 Å². The number of hydrogen-bond acceptors (Lipinski definition) is 6. The number of carbonyl (C=O) groups excluding carboxylic acids is 2. The highest BCUT2D eigenvalue weighted by atomic mass is 16.5. The number of ether oxygens (including phenoxy) is 3. The average molecular weight is 336 g/mol. The van der Waals surface area contributed by atoms with Gasteiger partial charge in [-0.05, 0) is 32.0 Å². The Kier molecular flexibility index (Phi) is 6.57. The molecular formula is C17H24N2O5. The first-order valence-electron chi connectivity index (χ1n) is 7.99. The Morgan fingerprint density at radius 1 is 1.42 bits per heavy atom. The smallest absolute Gasteiger partial charge is 0.337 e. The molecule has 1 atom stereocenters. The summed E-state index contributed by atoms with van der Waals surface area (Å²) in [5.41, 5.74) is 0.802. The lowest BCUT2D eigenvalue weighted by atomic mass is 10.1. The summed E-state index contributed by atoms with van der Waals surface area (Å²) in [5, 5.41) is 6.05. The summed E-state index contributed by atoms with van der Waals surface area (Å²) >= 11 is 0. The lowest BCUT2D eigenvalue weighted by Crippen LogP contribution is -2.43. The Bertz CT molecular complexity index is 582. The topological polar surface area (TPSA) is 85.9 Å². The Labute approximate surface area is 141 Å². The van der Waals surface area contributed by atoms with Gasteiger partial charge in [-0.3, -0.25) is 4.79 Å². The number of methoxy groups -OCH3 is 1. The molecule has 132 valence electrons. The van der Waals surface area contributed by atoms with Crippen molar-refractivity contribution in [1.29, 1.82) is 0 Å². The van der Waals surface area contributed by atoms with E-state index in [2.05, 4.69) is 10.6 Å². The molecule has 7 nitrogen and oxygen atoms in total. The lowest BCUT2D eigenvalue weighted by Gasteiger charge is -2.23. The van der Waals surface area contributed by atoms with E-state index in [0.29, 0.717) is 30.2 Å². The Hall–Kier alpha value is -2.12. The molecule has 1 fully saturated rings. The van der Waals surface area contributed by atoms with E-state index in [1.165, 1.54) is 7.11 Å². The van der Waals surface area contributed by atoms with Gasteiger partial charge in [-0.2, -0.15) is 0 Å². The molecule has 7 heteroatoms. The maximum atomic E-state index is 12.3. The van der Waals surface area contributed by atoms with Gasteiger partial charge in [0.15, 0.2) is 0 Å². The maximum Gasteiger partial charge on any atom is 0.337 e. The fourth-order valence-electron chi connectivity index (χ4n) is 2.41. The third kappa shape index (κ3) is 5.21. The molecule has 1 amide bonds. The summed E-state index contributed by atoms with van der Waals surface area (Å²) < 4.78 is 15.8. The highest BCUT2D eigenvalue weighted by Gasteiger charge is 2.19. The van der Waals surface area contributed by atoms with Crippen LogP contribution in [0, 0.1) is 0 Å². The van der Waals surface area contributed by atoms with E-state index in [1.807, 2.05) is 13.8 Å². The molecule has 0 aliphatic carbocycles. The third-order valence-corrected chi connectivity index (χ3v) is 3.47. The van der Waals surface area contributed by atoms with Crippen LogP contribution in [0.5, 0.6) is 5.75 Å². The molecule has 0 bridgehead atoms. The molecule has 1 heterocycles. The molecule has 2 N–H and O–H groups in total. The second-order valence-corrected chi connectivity index (χ2v) is 5.85. The fraction of sp³-hybridized carbons (Fsp3) is 0.529. The number of rotatable bonds is 6. The third-order valence-electron chi connectivity index (χ3n) is 3.47. The minimum Gasteiger partial charge on any atom is -0.489 e. The quantitative estimate of drug-likeness (QED) is 0.767. The first-order chi connectivity index (χ1) is 11.5. The van der Waals surface area contributed by atoms with E-state index in [-0.39, 0.29) is 24.5 Å². The van der Waals surface area contributed by atoms with Crippen molar-refractivity contribution in [3.8, 4) is 5.75 Å². The summed E-state index contributed by atoms with van der Waals surface area (Å²) in [4.78, 5) is 24.0. The van der Waals surface area contributed by atoms with Crippen LogP contribution in [0.2, 0.25) is 0 Å². The van der Waals surface area contributed by atoms with E-state index >= 15 is 0 Å². The van der Waals surface area contributed by atoms with Gasteiger partial charge in [0.1, 0.15) is 5.75 Å². The van der Waals surface area contributed by atoms with E-state index in [4.69, 9.17) is 14.2 Å². The number of nitrogens with one attached hydrogen (secondary N) is 2. The highest BCUT2D eigenvalue weighted by molar-refractivity contribution is 5.96. The zero-order valence-electron chi connectivity index (χ0n) is 14.3. The van der Waals surface area contributed by atoms with Gasteiger partial charge in [0, 0.05) is 19.0 Å². The highest BCUT2D eigenvalue weighted by Crippen LogP contribution is 2.27. The number of hydrogen-bond donors (Lipinski definition) is 2. The molecule has 1 aromatic rings.